The summed E-state index contributed by atoms with van der Waals surface area (Å²) in [4.78, 5) is 27.8. The topological polar surface area (TPSA) is 116 Å². The highest BCUT2D eigenvalue weighted by molar-refractivity contribution is 9.10. The maximum Gasteiger partial charge on any atom is 0.258 e. The van der Waals surface area contributed by atoms with Gasteiger partial charge in [-0.3, -0.25) is 9.78 Å². The second-order valence-corrected chi connectivity index (χ2v) is 8.94. The van der Waals surface area contributed by atoms with E-state index < -0.39 is 0 Å². The van der Waals surface area contributed by atoms with Gasteiger partial charge in [-0.05, 0) is 54.3 Å². The summed E-state index contributed by atoms with van der Waals surface area (Å²) < 4.78 is 17.1. The number of pyridine rings is 2. The van der Waals surface area contributed by atoms with E-state index in [0.29, 0.717) is 51.4 Å². The van der Waals surface area contributed by atoms with Gasteiger partial charge in [0.2, 0.25) is 11.7 Å². The first-order chi connectivity index (χ1) is 17.3. The van der Waals surface area contributed by atoms with Gasteiger partial charge in [0.25, 0.3) is 5.91 Å². The fraction of sp³-hybridized carbons (Fsp3) is 0.240. The number of carbonyl (C=O) groups is 1. The number of anilines is 1. The number of rotatable bonds is 9. The lowest BCUT2D eigenvalue weighted by Gasteiger charge is -2.13. The van der Waals surface area contributed by atoms with Crippen LogP contribution in [0.3, 0.4) is 0 Å². The SMILES string of the molecule is COc1cc(-c2noc(C)n2)ccc1-c1ccc(C(=O)Nc2cc(OCCN(C)C)c(Br)cn2)cn1. The number of halogens is 1. The van der Waals surface area contributed by atoms with Crippen molar-refractivity contribution in [3.63, 3.8) is 0 Å². The number of hydrogen-bond acceptors (Lipinski definition) is 9. The molecule has 1 amide bonds. The molecule has 0 spiro atoms. The van der Waals surface area contributed by atoms with Crippen LogP contribution >= 0.6 is 15.9 Å². The van der Waals surface area contributed by atoms with Gasteiger partial charge in [-0.1, -0.05) is 11.2 Å². The van der Waals surface area contributed by atoms with E-state index in [2.05, 4.69) is 41.4 Å². The molecule has 4 aromatic rings. The molecule has 0 unspecified atom stereocenters. The van der Waals surface area contributed by atoms with Crippen molar-refractivity contribution in [1.29, 1.82) is 0 Å². The molecular weight excluding hydrogens is 528 g/mol. The van der Waals surface area contributed by atoms with E-state index >= 15 is 0 Å². The van der Waals surface area contributed by atoms with Crippen LogP contribution in [0.4, 0.5) is 5.82 Å². The molecular formula is C25H25BrN6O4. The van der Waals surface area contributed by atoms with Gasteiger partial charge in [-0.2, -0.15) is 4.98 Å². The van der Waals surface area contributed by atoms with Gasteiger partial charge in [0.15, 0.2) is 0 Å². The minimum absolute atomic E-state index is 0.335. The molecule has 0 bridgehead atoms. The smallest absolute Gasteiger partial charge is 0.258 e. The third-order valence-corrected chi connectivity index (χ3v) is 5.74. The molecule has 11 heteroatoms. The Balaban J connectivity index is 1.47. The van der Waals surface area contributed by atoms with Crippen LogP contribution in [0.15, 0.2) is 57.8 Å². The van der Waals surface area contributed by atoms with E-state index in [-0.39, 0.29) is 5.91 Å². The van der Waals surface area contributed by atoms with Crippen LogP contribution in [0, 0.1) is 6.92 Å². The number of methoxy groups -OCH3 is 1. The Bertz CT molecular complexity index is 1360. The highest BCUT2D eigenvalue weighted by Crippen LogP contribution is 2.32. The summed E-state index contributed by atoms with van der Waals surface area (Å²) >= 11 is 3.42. The van der Waals surface area contributed by atoms with Crippen LogP contribution in [0.25, 0.3) is 22.6 Å². The van der Waals surface area contributed by atoms with E-state index in [1.807, 2.05) is 37.2 Å². The first kappa shape index (κ1) is 25.3. The Hall–Kier alpha value is -3.83. The fourth-order valence-corrected chi connectivity index (χ4v) is 3.60. The summed E-state index contributed by atoms with van der Waals surface area (Å²) in [5.74, 6) is 2.20. The molecule has 0 saturated carbocycles. The van der Waals surface area contributed by atoms with Crippen LogP contribution in [-0.4, -0.2) is 65.3 Å². The van der Waals surface area contributed by atoms with Crippen molar-refractivity contribution in [3.8, 4) is 34.1 Å². The van der Waals surface area contributed by atoms with Crippen LogP contribution in [0.1, 0.15) is 16.2 Å². The highest BCUT2D eigenvalue weighted by atomic mass is 79.9. The lowest BCUT2D eigenvalue weighted by Crippen LogP contribution is -2.19. The predicted octanol–water partition coefficient (Wildman–Crippen LogP) is 4.47. The molecule has 1 aromatic carbocycles. The number of aryl methyl sites for hydroxylation is 1. The average Bonchev–Trinajstić information content (AvgIpc) is 3.31. The first-order valence-corrected chi connectivity index (χ1v) is 11.8. The Morgan fingerprint density at radius 3 is 2.61 bits per heavy atom. The molecule has 0 saturated heterocycles. The largest absolute Gasteiger partial charge is 0.496 e. The maximum absolute atomic E-state index is 12.8. The van der Waals surface area contributed by atoms with Crippen molar-refractivity contribution in [1.82, 2.24) is 25.0 Å². The van der Waals surface area contributed by atoms with Crippen LogP contribution < -0.4 is 14.8 Å². The van der Waals surface area contributed by atoms with Gasteiger partial charge in [-0.15, -0.1) is 0 Å². The molecule has 0 radical (unpaired) electrons. The minimum atomic E-state index is -0.335. The standard InChI is InChI=1S/C25H25BrN6O4/c1-15-29-24(31-36-15)16-5-7-18(21(11-16)34-4)20-8-6-17(13-27-20)25(33)30-23-12-22(19(26)14-28-23)35-10-9-32(2)3/h5-8,11-14H,9-10H2,1-4H3,(H,28,30,33). The van der Waals surface area contributed by atoms with Crippen molar-refractivity contribution in [2.75, 3.05) is 39.7 Å². The van der Waals surface area contributed by atoms with Crippen LogP contribution in [0.2, 0.25) is 0 Å². The fourth-order valence-electron chi connectivity index (χ4n) is 3.27. The number of nitrogens with zero attached hydrogens (tertiary/aromatic N) is 5. The molecule has 0 atom stereocenters. The summed E-state index contributed by atoms with van der Waals surface area (Å²) in [6, 6.07) is 10.7. The summed E-state index contributed by atoms with van der Waals surface area (Å²) in [5, 5.41) is 6.73. The number of amides is 1. The van der Waals surface area contributed by atoms with Crippen molar-refractivity contribution in [2.45, 2.75) is 6.92 Å². The monoisotopic (exact) mass is 552 g/mol. The lowest BCUT2D eigenvalue weighted by molar-refractivity contribution is 0.102. The van der Waals surface area contributed by atoms with Crippen molar-refractivity contribution >= 4 is 27.7 Å². The van der Waals surface area contributed by atoms with Crippen LogP contribution in [0.5, 0.6) is 11.5 Å². The predicted molar refractivity (Wildman–Crippen MR) is 138 cm³/mol. The number of aromatic nitrogens is 4. The van der Waals surface area contributed by atoms with Gasteiger partial charge in [0, 0.05) is 43.1 Å². The zero-order chi connectivity index (χ0) is 25.7. The van der Waals surface area contributed by atoms with Gasteiger partial charge >= 0.3 is 0 Å². The molecule has 36 heavy (non-hydrogen) atoms. The van der Waals surface area contributed by atoms with Crippen LogP contribution in [-0.2, 0) is 0 Å². The minimum Gasteiger partial charge on any atom is -0.496 e. The van der Waals surface area contributed by atoms with Gasteiger partial charge in [0.1, 0.15) is 23.9 Å². The van der Waals surface area contributed by atoms with Crippen molar-refractivity contribution in [2.24, 2.45) is 0 Å². The molecule has 1 N–H and O–H groups in total. The van der Waals surface area contributed by atoms with E-state index in [1.165, 1.54) is 6.20 Å². The second-order valence-electron chi connectivity index (χ2n) is 8.09. The first-order valence-electron chi connectivity index (χ1n) is 11.0. The van der Waals surface area contributed by atoms with E-state index in [4.69, 9.17) is 14.0 Å². The Morgan fingerprint density at radius 2 is 1.94 bits per heavy atom. The summed E-state index contributed by atoms with van der Waals surface area (Å²) in [6.45, 7) is 3.00. The Labute approximate surface area is 216 Å². The summed E-state index contributed by atoms with van der Waals surface area (Å²) in [6.07, 6.45) is 3.10. The molecule has 3 aromatic heterocycles. The van der Waals surface area contributed by atoms with Gasteiger partial charge in [-0.25, -0.2) is 4.98 Å². The lowest BCUT2D eigenvalue weighted by atomic mass is 10.1. The summed E-state index contributed by atoms with van der Waals surface area (Å²) in [5.41, 5.74) is 2.56. The number of benzene rings is 1. The highest BCUT2D eigenvalue weighted by Gasteiger charge is 2.14. The third-order valence-electron chi connectivity index (χ3n) is 5.15. The van der Waals surface area contributed by atoms with Crippen molar-refractivity contribution in [3.05, 3.63) is 64.7 Å². The zero-order valence-electron chi connectivity index (χ0n) is 20.3. The maximum atomic E-state index is 12.8. The number of carbonyl (C=O) groups excluding carboxylic acids is 1. The summed E-state index contributed by atoms with van der Waals surface area (Å²) in [7, 11) is 5.52. The van der Waals surface area contributed by atoms with Gasteiger partial charge in [0.05, 0.1) is 22.8 Å². The molecule has 0 aliphatic heterocycles. The molecule has 4 rings (SSSR count). The molecule has 10 nitrogen and oxygen atoms in total. The third kappa shape index (κ3) is 6.04. The Kier molecular flexibility index (Phi) is 7.91. The molecule has 3 heterocycles. The van der Waals surface area contributed by atoms with Crippen molar-refractivity contribution < 1.29 is 18.8 Å². The Morgan fingerprint density at radius 1 is 1.11 bits per heavy atom. The molecule has 0 aliphatic rings. The molecule has 0 fully saturated rings. The normalized spacial score (nSPS) is 10.9. The molecule has 186 valence electrons. The average molecular weight is 553 g/mol. The molecule has 0 aliphatic carbocycles. The quantitative estimate of drug-likeness (QED) is 0.321. The van der Waals surface area contributed by atoms with E-state index in [0.717, 1.165) is 17.7 Å². The van der Waals surface area contributed by atoms with Gasteiger partial charge < -0.3 is 24.2 Å². The number of nitrogens with one attached hydrogen (secondary N) is 1. The van der Waals surface area contributed by atoms with E-state index in [1.54, 1.807) is 38.4 Å². The number of hydrogen-bond donors (Lipinski definition) is 1. The number of likely N-dealkylation sites (N-methyl/N-ethyl adjacent to an activating group) is 1. The zero-order valence-corrected chi connectivity index (χ0v) is 21.9. The number of ether oxygens (including phenoxy) is 2. The van der Waals surface area contributed by atoms with E-state index in [9.17, 15) is 4.79 Å². The second kappa shape index (κ2) is 11.3.